The van der Waals surface area contributed by atoms with Crippen molar-refractivity contribution in [3.63, 3.8) is 0 Å². The first-order valence-electron chi connectivity index (χ1n) is 10.2. The topological polar surface area (TPSA) is 96.0 Å². The summed E-state index contributed by atoms with van der Waals surface area (Å²) in [6.45, 7) is 3.08. The van der Waals surface area contributed by atoms with E-state index in [9.17, 15) is 23.6 Å². The second-order valence-corrected chi connectivity index (χ2v) is 7.42. The Kier molecular flexibility index (Phi) is 7.19. The molecule has 2 aromatic carbocycles. The molecule has 9 heteroatoms. The molecule has 32 heavy (non-hydrogen) atoms. The summed E-state index contributed by atoms with van der Waals surface area (Å²) < 4.78 is 18.6. The third kappa shape index (κ3) is 5.11. The van der Waals surface area contributed by atoms with E-state index < -0.39 is 41.4 Å². The Morgan fingerprint density at radius 2 is 1.81 bits per heavy atom. The van der Waals surface area contributed by atoms with Gasteiger partial charge in [-0.3, -0.25) is 24.6 Å². The van der Waals surface area contributed by atoms with Gasteiger partial charge in [0.1, 0.15) is 17.6 Å². The monoisotopic (exact) mass is 441 g/mol. The molecule has 8 nitrogen and oxygen atoms in total. The van der Waals surface area contributed by atoms with Gasteiger partial charge in [-0.25, -0.2) is 14.3 Å². The first kappa shape index (κ1) is 22.9. The summed E-state index contributed by atoms with van der Waals surface area (Å²) in [7, 11) is 0. The SMILES string of the molecule is CCC(C)C(=O)N(NC(=O)COc1ccccc1)C1CC(=O)N(c2ccc(F)cc2)C1=O. The van der Waals surface area contributed by atoms with Crippen LogP contribution in [0.4, 0.5) is 10.1 Å². The molecule has 4 amide bonds. The number of hydrazine groups is 1. The molecule has 0 aliphatic carbocycles. The largest absolute Gasteiger partial charge is 0.484 e. The van der Waals surface area contributed by atoms with Crippen molar-refractivity contribution in [3.05, 3.63) is 60.4 Å². The molecule has 1 saturated heterocycles. The number of ether oxygens (including phenoxy) is 1. The highest BCUT2D eigenvalue weighted by atomic mass is 19.1. The van der Waals surface area contributed by atoms with Crippen LogP contribution in [0, 0.1) is 11.7 Å². The Balaban J connectivity index is 1.78. The molecule has 0 saturated carbocycles. The number of halogens is 1. The molecule has 2 aromatic rings. The van der Waals surface area contributed by atoms with Crippen molar-refractivity contribution < 1.29 is 28.3 Å². The zero-order valence-electron chi connectivity index (χ0n) is 17.8. The number of carbonyl (C=O) groups excluding carboxylic acids is 4. The van der Waals surface area contributed by atoms with Crippen LogP contribution in [0.15, 0.2) is 54.6 Å². The van der Waals surface area contributed by atoms with Crippen molar-refractivity contribution in [1.82, 2.24) is 10.4 Å². The van der Waals surface area contributed by atoms with Crippen LogP contribution in [0.25, 0.3) is 0 Å². The Morgan fingerprint density at radius 1 is 1.16 bits per heavy atom. The van der Waals surface area contributed by atoms with Gasteiger partial charge in [0.05, 0.1) is 12.1 Å². The second-order valence-electron chi connectivity index (χ2n) is 7.42. The van der Waals surface area contributed by atoms with E-state index in [1.54, 1.807) is 44.2 Å². The number of hydrogen-bond donors (Lipinski definition) is 1. The highest BCUT2D eigenvalue weighted by Gasteiger charge is 2.45. The van der Waals surface area contributed by atoms with Gasteiger partial charge in [-0.05, 0) is 42.8 Å². The molecule has 1 aliphatic rings. The highest BCUT2D eigenvalue weighted by Crippen LogP contribution is 2.26. The van der Waals surface area contributed by atoms with E-state index in [1.165, 1.54) is 12.1 Å². The molecule has 2 atom stereocenters. The number of nitrogens with one attached hydrogen (secondary N) is 1. The summed E-state index contributed by atoms with van der Waals surface area (Å²) in [6.07, 6.45) is 0.167. The number of hydrogen-bond acceptors (Lipinski definition) is 5. The fourth-order valence-electron chi connectivity index (χ4n) is 3.21. The molecule has 2 unspecified atom stereocenters. The van der Waals surface area contributed by atoms with Gasteiger partial charge in [0.15, 0.2) is 6.61 Å². The first-order valence-corrected chi connectivity index (χ1v) is 10.2. The van der Waals surface area contributed by atoms with E-state index in [0.29, 0.717) is 12.2 Å². The van der Waals surface area contributed by atoms with E-state index in [1.807, 2.05) is 0 Å². The summed E-state index contributed by atoms with van der Waals surface area (Å²) >= 11 is 0. The standard InChI is InChI=1S/C23H24FN3O5/c1-3-15(2)22(30)27(25-20(28)14-32-18-7-5-4-6-8-18)19-13-21(29)26(23(19)31)17-11-9-16(24)10-12-17/h4-12,15,19H,3,13-14H2,1-2H3,(H,25,28). The predicted molar refractivity (Wildman–Crippen MR) is 114 cm³/mol. The van der Waals surface area contributed by atoms with Gasteiger partial charge in [0, 0.05) is 5.92 Å². The van der Waals surface area contributed by atoms with Crippen LogP contribution in [0.5, 0.6) is 5.75 Å². The second kappa shape index (κ2) is 10.0. The fraction of sp³-hybridized carbons (Fsp3) is 0.304. The van der Waals surface area contributed by atoms with Crippen LogP contribution in [0.2, 0.25) is 0 Å². The average Bonchev–Trinajstić information content (AvgIpc) is 3.10. The van der Waals surface area contributed by atoms with E-state index in [0.717, 1.165) is 22.0 Å². The van der Waals surface area contributed by atoms with E-state index >= 15 is 0 Å². The average molecular weight is 441 g/mol. The van der Waals surface area contributed by atoms with Crippen molar-refractivity contribution in [1.29, 1.82) is 0 Å². The van der Waals surface area contributed by atoms with E-state index in [2.05, 4.69) is 5.43 Å². The third-order valence-corrected chi connectivity index (χ3v) is 5.15. The normalized spacial score (nSPS) is 16.6. The quantitative estimate of drug-likeness (QED) is 0.526. The minimum absolute atomic E-state index is 0.193. The van der Waals surface area contributed by atoms with Crippen LogP contribution in [-0.2, 0) is 19.2 Å². The van der Waals surface area contributed by atoms with Gasteiger partial charge in [0.2, 0.25) is 11.8 Å². The summed E-state index contributed by atoms with van der Waals surface area (Å²) in [5, 5.41) is 0.925. The molecule has 168 valence electrons. The van der Waals surface area contributed by atoms with Crippen LogP contribution in [0.1, 0.15) is 26.7 Å². The number of anilines is 1. The zero-order valence-corrected chi connectivity index (χ0v) is 17.8. The van der Waals surface area contributed by atoms with Crippen LogP contribution >= 0.6 is 0 Å². The lowest BCUT2D eigenvalue weighted by Crippen LogP contribution is -2.57. The van der Waals surface area contributed by atoms with Crippen molar-refractivity contribution >= 4 is 29.3 Å². The number of carbonyl (C=O) groups is 4. The maximum absolute atomic E-state index is 13.2. The number of nitrogens with zero attached hydrogens (tertiary/aromatic N) is 2. The summed E-state index contributed by atoms with van der Waals surface area (Å²) in [5.41, 5.74) is 2.63. The molecule has 1 N–H and O–H groups in total. The molecular formula is C23H24FN3O5. The number of imide groups is 1. The molecule has 0 spiro atoms. The lowest BCUT2D eigenvalue weighted by molar-refractivity contribution is -0.150. The van der Waals surface area contributed by atoms with Crippen molar-refractivity contribution in [2.45, 2.75) is 32.7 Å². The highest BCUT2D eigenvalue weighted by molar-refractivity contribution is 6.23. The Bertz CT molecular complexity index is 996. The van der Waals surface area contributed by atoms with Gasteiger partial charge >= 0.3 is 0 Å². The molecule has 0 radical (unpaired) electrons. The van der Waals surface area contributed by atoms with E-state index in [-0.39, 0.29) is 18.7 Å². The van der Waals surface area contributed by atoms with Gasteiger partial charge in [-0.2, -0.15) is 0 Å². The molecule has 1 heterocycles. The van der Waals surface area contributed by atoms with Crippen molar-refractivity contribution in [2.75, 3.05) is 11.5 Å². The first-order chi connectivity index (χ1) is 15.3. The van der Waals surface area contributed by atoms with E-state index in [4.69, 9.17) is 4.74 Å². The Labute approximate surface area is 184 Å². The minimum Gasteiger partial charge on any atom is -0.484 e. The maximum atomic E-state index is 13.2. The van der Waals surface area contributed by atoms with Crippen LogP contribution < -0.4 is 15.1 Å². The number of amides is 4. The summed E-state index contributed by atoms with van der Waals surface area (Å²) in [6, 6.07) is 12.3. The number of benzene rings is 2. The van der Waals surface area contributed by atoms with Crippen molar-refractivity contribution in [2.24, 2.45) is 5.92 Å². The van der Waals surface area contributed by atoms with Gasteiger partial charge in [0.25, 0.3) is 11.8 Å². The number of para-hydroxylation sites is 1. The number of rotatable bonds is 7. The Hall–Kier alpha value is -3.75. The van der Waals surface area contributed by atoms with Gasteiger partial charge < -0.3 is 4.74 Å². The minimum atomic E-state index is -1.21. The van der Waals surface area contributed by atoms with Crippen LogP contribution in [0.3, 0.4) is 0 Å². The van der Waals surface area contributed by atoms with Gasteiger partial charge in [-0.15, -0.1) is 0 Å². The smallest absolute Gasteiger partial charge is 0.276 e. The summed E-state index contributed by atoms with van der Waals surface area (Å²) in [4.78, 5) is 52.0. The molecular weight excluding hydrogens is 417 g/mol. The Morgan fingerprint density at radius 3 is 2.44 bits per heavy atom. The zero-order chi connectivity index (χ0) is 23.3. The van der Waals surface area contributed by atoms with Gasteiger partial charge in [-0.1, -0.05) is 32.0 Å². The molecule has 1 aliphatic heterocycles. The molecule has 0 bridgehead atoms. The molecule has 1 fully saturated rings. The molecule has 0 aromatic heterocycles. The fourth-order valence-corrected chi connectivity index (χ4v) is 3.21. The third-order valence-electron chi connectivity index (χ3n) is 5.15. The predicted octanol–water partition coefficient (Wildman–Crippen LogP) is 2.44. The van der Waals surface area contributed by atoms with Crippen LogP contribution in [-0.4, -0.2) is 41.3 Å². The summed E-state index contributed by atoms with van der Waals surface area (Å²) in [5.74, 6) is -2.90. The van der Waals surface area contributed by atoms with Crippen molar-refractivity contribution in [3.8, 4) is 5.75 Å². The molecule has 3 rings (SSSR count). The lowest BCUT2D eigenvalue weighted by Gasteiger charge is -2.29. The maximum Gasteiger partial charge on any atom is 0.276 e. The lowest BCUT2D eigenvalue weighted by atomic mass is 10.1.